The number of aliphatic carboxylic acids is 1. The van der Waals surface area contributed by atoms with Crippen LogP contribution in [0.5, 0.6) is 0 Å². The predicted molar refractivity (Wildman–Crippen MR) is 99.9 cm³/mol. The molecule has 1 heterocycles. The highest BCUT2D eigenvalue weighted by molar-refractivity contribution is 6.30. The lowest BCUT2D eigenvalue weighted by Gasteiger charge is -2.20. The minimum atomic E-state index is -0.911. The quantitative estimate of drug-likeness (QED) is 0.706. The molecule has 0 saturated carbocycles. The number of aromatic nitrogens is 2. The fourth-order valence-electron chi connectivity index (χ4n) is 2.58. The van der Waals surface area contributed by atoms with Gasteiger partial charge in [0.15, 0.2) is 5.82 Å². The molecule has 5 nitrogen and oxygen atoms in total. The molecule has 0 aliphatic carbocycles. The summed E-state index contributed by atoms with van der Waals surface area (Å²) in [7, 11) is 0. The second-order valence-corrected chi connectivity index (χ2v) is 6.56. The van der Waals surface area contributed by atoms with E-state index in [0.29, 0.717) is 16.7 Å². The first-order valence-corrected chi connectivity index (χ1v) is 8.35. The zero-order valence-electron chi connectivity index (χ0n) is 13.9. The summed E-state index contributed by atoms with van der Waals surface area (Å²) in [6.45, 7) is 3.71. The Balaban J connectivity index is 2.12. The Morgan fingerprint density at radius 2 is 1.76 bits per heavy atom. The van der Waals surface area contributed by atoms with Gasteiger partial charge in [0, 0.05) is 16.0 Å². The van der Waals surface area contributed by atoms with Crippen LogP contribution in [0.15, 0.2) is 48.5 Å². The molecule has 1 unspecified atom stereocenters. The van der Waals surface area contributed by atoms with E-state index in [4.69, 9.17) is 11.6 Å². The second-order valence-electron chi connectivity index (χ2n) is 6.12. The fourth-order valence-corrected chi connectivity index (χ4v) is 2.70. The summed E-state index contributed by atoms with van der Waals surface area (Å²) in [4.78, 5) is 20.7. The highest BCUT2D eigenvalue weighted by Gasteiger charge is 2.23. The predicted octanol–water partition coefficient (Wildman–Crippen LogP) is 4.47. The Bertz CT molecular complexity index is 910. The number of rotatable bonds is 5. The smallest absolute Gasteiger partial charge is 0.326 e. The Hall–Kier alpha value is -2.66. The fraction of sp³-hybridized carbons (Fsp3) is 0.211. The van der Waals surface area contributed by atoms with Crippen LogP contribution < -0.4 is 5.32 Å². The maximum atomic E-state index is 11.6. The first-order chi connectivity index (χ1) is 12.0. The van der Waals surface area contributed by atoms with Gasteiger partial charge in [-0.2, -0.15) is 0 Å². The van der Waals surface area contributed by atoms with Gasteiger partial charge in [0.1, 0.15) is 11.9 Å². The van der Waals surface area contributed by atoms with Crippen molar-refractivity contribution in [3.05, 3.63) is 53.6 Å². The lowest BCUT2D eigenvalue weighted by atomic mass is 10.0. The third-order valence-electron chi connectivity index (χ3n) is 3.93. The summed E-state index contributed by atoms with van der Waals surface area (Å²) in [5, 5.41) is 14.0. The van der Waals surface area contributed by atoms with Crippen molar-refractivity contribution in [2.24, 2.45) is 5.92 Å². The monoisotopic (exact) mass is 355 g/mol. The van der Waals surface area contributed by atoms with Crippen molar-refractivity contribution in [3.63, 3.8) is 0 Å². The van der Waals surface area contributed by atoms with E-state index in [9.17, 15) is 9.90 Å². The summed E-state index contributed by atoms with van der Waals surface area (Å²) in [5.74, 6) is 0.0263. The average Bonchev–Trinajstić information content (AvgIpc) is 2.59. The van der Waals surface area contributed by atoms with Crippen LogP contribution in [0.3, 0.4) is 0 Å². The molecular weight excluding hydrogens is 338 g/mol. The van der Waals surface area contributed by atoms with Crippen LogP contribution in [-0.4, -0.2) is 27.1 Å². The molecule has 3 rings (SSSR count). The number of nitrogens with one attached hydrogen (secondary N) is 1. The van der Waals surface area contributed by atoms with Crippen LogP contribution in [0.4, 0.5) is 5.82 Å². The number of hydrogen-bond donors (Lipinski definition) is 2. The maximum Gasteiger partial charge on any atom is 0.326 e. The van der Waals surface area contributed by atoms with Gasteiger partial charge in [-0.3, -0.25) is 0 Å². The molecule has 1 atom stereocenters. The Morgan fingerprint density at radius 3 is 2.40 bits per heavy atom. The number of fused-ring (bicyclic) bond motifs is 1. The van der Waals surface area contributed by atoms with Crippen LogP contribution in [0.2, 0.25) is 5.02 Å². The number of hydrogen-bond acceptors (Lipinski definition) is 4. The third kappa shape index (κ3) is 3.72. The first kappa shape index (κ1) is 17.2. The van der Waals surface area contributed by atoms with E-state index >= 15 is 0 Å². The molecule has 0 aliphatic heterocycles. The second kappa shape index (κ2) is 7.07. The summed E-state index contributed by atoms with van der Waals surface area (Å²) in [5.41, 5.74) is 1.56. The number of anilines is 1. The molecule has 25 heavy (non-hydrogen) atoms. The summed E-state index contributed by atoms with van der Waals surface area (Å²) in [6.07, 6.45) is 0. The van der Waals surface area contributed by atoms with Gasteiger partial charge in [0.25, 0.3) is 0 Å². The maximum absolute atomic E-state index is 11.6. The van der Waals surface area contributed by atoms with Crippen molar-refractivity contribution >= 4 is 34.3 Å². The topological polar surface area (TPSA) is 75.1 Å². The molecule has 2 aromatic carbocycles. The average molecular weight is 356 g/mol. The van der Waals surface area contributed by atoms with Crippen molar-refractivity contribution in [1.82, 2.24) is 9.97 Å². The van der Waals surface area contributed by atoms with Crippen molar-refractivity contribution < 1.29 is 9.90 Å². The van der Waals surface area contributed by atoms with Gasteiger partial charge in [0.05, 0.1) is 5.52 Å². The summed E-state index contributed by atoms with van der Waals surface area (Å²) < 4.78 is 0. The number of carbonyl (C=O) groups is 1. The molecule has 0 fully saturated rings. The van der Waals surface area contributed by atoms with Gasteiger partial charge in [0.2, 0.25) is 0 Å². The molecule has 0 amide bonds. The normalized spacial score (nSPS) is 12.3. The Kier molecular flexibility index (Phi) is 4.86. The van der Waals surface area contributed by atoms with Gasteiger partial charge in [-0.05, 0) is 42.3 Å². The number of nitrogens with zero attached hydrogens (tertiary/aromatic N) is 2. The molecule has 0 radical (unpaired) electrons. The van der Waals surface area contributed by atoms with Crippen molar-refractivity contribution in [2.45, 2.75) is 19.9 Å². The number of benzene rings is 2. The molecule has 0 aliphatic rings. The van der Waals surface area contributed by atoms with Crippen LogP contribution in [0, 0.1) is 5.92 Å². The van der Waals surface area contributed by atoms with Crippen LogP contribution in [0.1, 0.15) is 13.8 Å². The standard InChI is InChI=1S/C19H18ClN3O2/c1-11(2)16(19(24)25)22-18-14-5-3-4-6-15(14)21-17(23-18)12-7-9-13(20)10-8-12/h3-11,16H,1-2H3,(H,24,25)(H,21,22,23). The van der Waals surface area contributed by atoms with E-state index < -0.39 is 12.0 Å². The zero-order valence-corrected chi connectivity index (χ0v) is 14.7. The highest BCUT2D eigenvalue weighted by atomic mass is 35.5. The number of carboxylic acid groups (broad SMARTS) is 1. The van der Waals surface area contributed by atoms with Crippen LogP contribution in [0.25, 0.3) is 22.3 Å². The molecule has 0 bridgehead atoms. The Morgan fingerprint density at radius 1 is 1.08 bits per heavy atom. The van der Waals surface area contributed by atoms with E-state index in [1.165, 1.54) is 0 Å². The number of halogens is 1. The number of para-hydroxylation sites is 1. The lowest BCUT2D eigenvalue weighted by Crippen LogP contribution is -2.34. The molecule has 2 N–H and O–H groups in total. The largest absolute Gasteiger partial charge is 0.480 e. The molecule has 3 aromatic rings. The minimum absolute atomic E-state index is 0.0924. The van der Waals surface area contributed by atoms with Gasteiger partial charge < -0.3 is 10.4 Å². The van der Waals surface area contributed by atoms with Crippen LogP contribution in [-0.2, 0) is 4.79 Å². The van der Waals surface area contributed by atoms with Crippen molar-refractivity contribution in [1.29, 1.82) is 0 Å². The first-order valence-electron chi connectivity index (χ1n) is 7.98. The van der Waals surface area contributed by atoms with Gasteiger partial charge in [-0.25, -0.2) is 14.8 Å². The summed E-state index contributed by atoms with van der Waals surface area (Å²) >= 11 is 5.95. The molecule has 0 saturated heterocycles. The minimum Gasteiger partial charge on any atom is -0.480 e. The van der Waals surface area contributed by atoms with Gasteiger partial charge >= 0.3 is 5.97 Å². The van der Waals surface area contributed by atoms with Gasteiger partial charge in [-0.1, -0.05) is 37.6 Å². The number of carboxylic acids is 1. The van der Waals surface area contributed by atoms with E-state index in [-0.39, 0.29) is 5.92 Å². The SMILES string of the molecule is CC(C)C(Nc1nc(-c2ccc(Cl)cc2)nc2ccccc12)C(=O)O. The molecule has 1 aromatic heterocycles. The summed E-state index contributed by atoms with van der Waals surface area (Å²) in [6, 6.07) is 14.0. The Labute approximate surface area is 150 Å². The van der Waals surface area contributed by atoms with Crippen LogP contribution >= 0.6 is 11.6 Å². The van der Waals surface area contributed by atoms with E-state index in [1.54, 1.807) is 12.1 Å². The van der Waals surface area contributed by atoms with E-state index in [0.717, 1.165) is 16.5 Å². The third-order valence-corrected chi connectivity index (χ3v) is 4.18. The lowest BCUT2D eigenvalue weighted by molar-refractivity contribution is -0.138. The zero-order chi connectivity index (χ0) is 18.0. The highest BCUT2D eigenvalue weighted by Crippen LogP contribution is 2.26. The van der Waals surface area contributed by atoms with E-state index in [1.807, 2.05) is 50.2 Å². The molecule has 6 heteroatoms. The van der Waals surface area contributed by atoms with Gasteiger partial charge in [-0.15, -0.1) is 0 Å². The molecular formula is C19H18ClN3O2. The molecule has 0 spiro atoms. The van der Waals surface area contributed by atoms with Crippen molar-refractivity contribution in [3.8, 4) is 11.4 Å². The molecule has 128 valence electrons. The van der Waals surface area contributed by atoms with E-state index in [2.05, 4.69) is 15.3 Å². The van der Waals surface area contributed by atoms with Crippen molar-refractivity contribution in [2.75, 3.05) is 5.32 Å².